The van der Waals surface area contributed by atoms with E-state index < -0.39 is 23.0 Å². The molecule has 2 atom stereocenters. The van der Waals surface area contributed by atoms with Gasteiger partial charge in [0.25, 0.3) is 0 Å². The van der Waals surface area contributed by atoms with Crippen molar-refractivity contribution in [1.82, 2.24) is 0 Å². The Bertz CT molecular complexity index is 1050. The number of hydrogen-bond acceptors (Lipinski definition) is 5. The van der Waals surface area contributed by atoms with Gasteiger partial charge >= 0.3 is 11.9 Å². The highest BCUT2D eigenvalue weighted by atomic mass is 16.6. The standard InChI is InChI=1S/C27H29NO4/c1-5-10-21-15-22-20(17-28)13-9-14-23(22)27(21,16-24(29)32-26(2,3)4)25(30)31-18-19-11-7-6-8-12-19/h5-9,11-14,21H,1,10,15-16,18H2,2-4H3/t21-,27-/m0/s1. The molecular weight excluding hydrogens is 402 g/mol. The minimum absolute atomic E-state index is 0.101. The van der Waals surface area contributed by atoms with Crippen LogP contribution in [-0.2, 0) is 37.5 Å². The fraction of sp³-hybridized carbons (Fsp3) is 0.370. The maximum Gasteiger partial charge on any atom is 0.317 e. The smallest absolute Gasteiger partial charge is 0.317 e. The van der Waals surface area contributed by atoms with Gasteiger partial charge < -0.3 is 9.47 Å². The van der Waals surface area contributed by atoms with Gasteiger partial charge in [-0.15, -0.1) is 6.58 Å². The van der Waals surface area contributed by atoms with Crippen LogP contribution < -0.4 is 0 Å². The molecule has 0 heterocycles. The highest BCUT2D eigenvalue weighted by Crippen LogP contribution is 2.50. The van der Waals surface area contributed by atoms with Crippen molar-refractivity contribution in [3.63, 3.8) is 0 Å². The Hall–Kier alpha value is -3.39. The van der Waals surface area contributed by atoms with E-state index >= 15 is 0 Å². The third kappa shape index (κ3) is 4.75. The molecule has 5 nitrogen and oxygen atoms in total. The molecule has 5 heteroatoms. The zero-order valence-electron chi connectivity index (χ0n) is 18.9. The number of fused-ring (bicyclic) bond motifs is 1. The Morgan fingerprint density at radius 1 is 1.19 bits per heavy atom. The summed E-state index contributed by atoms with van der Waals surface area (Å²) in [7, 11) is 0. The molecule has 0 N–H and O–H groups in total. The minimum atomic E-state index is -1.24. The van der Waals surface area contributed by atoms with E-state index in [-0.39, 0.29) is 18.9 Å². The molecule has 0 aliphatic heterocycles. The second-order valence-corrected chi connectivity index (χ2v) is 9.17. The van der Waals surface area contributed by atoms with Crippen molar-refractivity contribution in [3.8, 4) is 6.07 Å². The number of esters is 2. The van der Waals surface area contributed by atoms with Crippen LogP contribution in [0.5, 0.6) is 0 Å². The molecule has 0 saturated carbocycles. The van der Waals surface area contributed by atoms with Gasteiger partial charge in [0.2, 0.25) is 0 Å². The van der Waals surface area contributed by atoms with Crippen molar-refractivity contribution in [2.45, 2.75) is 57.7 Å². The molecule has 3 rings (SSSR count). The Labute approximate surface area is 189 Å². The zero-order chi connectivity index (χ0) is 23.4. The summed E-state index contributed by atoms with van der Waals surface area (Å²) in [5.74, 6) is -1.22. The Balaban J connectivity index is 2.06. The van der Waals surface area contributed by atoms with E-state index in [1.165, 1.54) is 0 Å². The highest BCUT2D eigenvalue weighted by molar-refractivity contribution is 5.91. The number of nitrogens with zero attached hydrogens (tertiary/aromatic N) is 1. The molecule has 2 aromatic carbocycles. The van der Waals surface area contributed by atoms with Gasteiger partial charge in [0.1, 0.15) is 17.6 Å². The molecule has 0 unspecified atom stereocenters. The molecule has 0 radical (unpaired) electrons. The summed E-state index contributed by atoms with van der Waals surface area (Å²) in [4.78, 5) is 26.7. The number of benzene rings is 2. The number of allylic oxidation sites excluding steroid dienone is 1. The predicted molar refractivity (Wildman–Crippen MR) is 122 cm³/mol. The van der Waals surface area contributed by atoms with E-state index in [4.69, 9.17) is 9.47 Å². The van der Waals surface area contributed by atoms with Gasteiger partial charge in [-0.3, -0.25) is 9.59 Å². The maximum atomic E-state index is 13.7. The lowest BCUT2D eigenvalue weighted by molar-refractivity contribution is -0.165. The third-order valence-corrected chi connectivity index (χ3v) is 5.80. The van der Waals surface area contributed by atoms with Gasteiger partial charge in [0.15, 0.2) is 0 Å². The zero-order valence-corrected chi connectivity index (χ0v) is 18.9. The molecule has 0 spiro atoms. The average Bonchev–Trinajstić information content (AvgIpc) is 3.05. The first-order chi connectivity index (χ1) is 15.2. The maximum absolute atomic E-state index is 13.7. The predicted octanol–water partition coefficient (Wildman–Crippen LogP) is 5.02. The van der Waals surface area contributed by atoms with Crippen molar-refractivity contribution in [2.75, 3.05) is 0 Å². The Morgan fingerprint density at radius 3 is 2.53 bits per heavy atom. The highest BCUT2D eigenvalue weighted by Gasteiger charge is 2.55. The van der Waals surface area contributed by atoms with Crippen LogP contribution in [0.15, 0.2) is 61.2 Å². The lowest BCUT2D eigenvalue weighted by Gasteiger charge is -2.34. The van der Waals surface area contributed by atoms with E-state index in [2.05, 4.69) is 12.6 Å². The summed E-state index contributed by atoms with van der Waals surface area (Å²) >= 11 is 0. The van der Waals surface area contributed by atoms with E-state index in [0.29, 0.717) is 24.0 Å². The Morgan fingerprint density at radius 2 is 1.91 bits per heavy atom. The van der Waals surface area contributed by atoms with Crippen LogP contribution in [0, 0.1) is 17.2 Å². The van der Waals surface area contributed by atoms with Crippen LogP contribution in [-0.4, -0.2) is 17.5 Å². The van der Waals surface area contributed by atoms with Crippen LogP contribution in [0.4, 0.5) is 0 Å². The van der Waals surface area contributed by atoms with Crippen LogP contribution in [0.25, 0.3) is 0 Å². The van der Waals surface area contributed by atoms with Gasteiger partial charge in [-0.25, -0.2) is 0 Å². The summed E-state index contributed by atoms with van der Waals surface area (Å²) in [5, 5.41) is 9.64. The van der Waals surface area contributed by atoms with Crippen LogP contribution >= 0.6 is 0 Å². The van der Waals surface area contributed by atoms with Crippen LogP contribution in [0.3, 0.4) is 0 Å². The quantitative estimate of drug-likeness (QED) is 0.454. The number of hydrogen-bond donors (Lipinski definition) is 0. The summed E-state index contributed by atoms with van der Waals surface area (Å²) in [5.41, 5.74) is 0.911. The van der Waals surface area contributed by atoms with Crippen molar-refractivity contribution < 1.29 is 19.1 Å². The third-order valence-electron chi connectivity index (χ3n) is 5.80. The molecule has 166 valence electrons. The van der Waals surface area contributed by atoms with Crippen LogP contribution in [0.1, 0.15) is 55.9 Å². The van der Waals surface area contributed by atoms with Gasteiger partial charge in [-0.2, -0.15) is 5.26 Å². The SMILES string of the molecule is C=CC[C@H]1Cc2c(C#N)cccc2[C@@]1(CC(=O)OC(C)(C)C)C(=O)OCc1ccccc1. The molecule has 0 bridgehead atoms. The van der Waals surface area contributed by atoms with E-state index in [1.54, 1.807) is 39.0 Å². The van der Waals surface area contributed by atoms with Gasteiger partial charge in [-0.1, -0.05) is 48.5 Å². The number of rotatable bonds is 7. The van der Waals surface area contributed by atoms with Crippen molar-refractivity contribution >= 4 is 11.9 Å². The van der Waals surface area contributed by atoms with Gasteiger partial charge in [0, 0.05) is 0 Å². The van der Waals surface area contributed by atoms with Gasteiger partial charge in [0.05, 0.1) is 18.1 Å². The molecule has 0 aromatic heterocycles. The molecule has 0 saturated heterocycles. The molecule has 32 heavy (non-hydrogen) atoms. The Kier molecular flexibility index (Phi) is 6.84. The fourth-order valence-corrected chi connectivity index (χ4v) is 4.50. The van der Waals surface area contributed by atoms with Crippen LogP contribution in [0.2, 0.25) is 0 Å². The summed E-state index contributed by atoms with van der Waals surface area (Å²) in [6, 6.07) is 17.0. The minimum Gasteiger partial charge on any atom is -0.460 e. The summed E-state index contributed by atoms with van der Waals surface area (Å²) in [6.07, 6.45) is 2.59. The summed E-state index contributed by atoms with van der Waals surface area (Å²) < 4.78 is 11.4. The number of carbonyl (C=O) groups excluding carboxylic acids is 2. The molecule has 0 amide bonds. The first-order valence-corrected chi connectivity index (χ1v) is 10.8. The van der Waals surface area contributed by atoms with Gasteiger partial charge in [-0.05, 0) is 62.3 Å². The van der Waals surface area contributed by atoms with E-state index in [0.717, 1.165) is 11.1 Å². The second-order valence-electron chi connectivity index (χ2n) is 9.17. The normalized spacial score (nSPS) is 19.5. The average molecular weight is 432 g/mol. The molecule has 2 aromatic rings. The van der Waals surface area contributed by atoms with E-state index in [1.807, 2.05) is 36.4 Å². The lowest BCUT2D eigenvalue weighted by Crippen LogP contribution is -2.44. The largest absolute Gasteiger partial charge is 0.460 e. The first-order valence-electron chi connectivity index (χ1n) is 10.8. The van der Waals surface area contributed by atoms with E-state index in [9.17, 15) is 14.9 Å². The number of carbonyl (C=O) groups is 2. The van der Waals surface area contributed by atoms with Crippen molar-refractivity contribution in [1.29, 1.82) is 5.26 Å². The second kappa shape index (κ2) is 9.40. The molecule has 1 aliphatic carbocycles. The van der Waals surface area contributed by atoms with Crippen molar-refractivity contribution in [2.24, 2.45) is 5.92 Å². The van der Waals surface area contributed by atoms with Crippen molar-refractivity contribution in [3.05, 3.63) is 83.4 Å². The monoisotopic (exact) mass is 431 g/mol. The lowest BCUT2D eigenvalue weighted by atomic mass is 9.70. The number of ether oxygens (including phenoxy) is 2. The summed E-state index contributed by atoms with van der Waals surface area (Å²) in [6.45, 7) is 9.34. The molecular formula is C27H29NO4. The topological polar surface area (TPSA) is 76.4 Å². The fourth-order valence-electron chi connectivity index (χ4n) is 4.50. The first kappa shape index (κ1) is 23.3. The molecule has 1 aliphatic rings. The number of nitriles is 1. The molecule has 0 fully saturated rings.